The minimum atomic E-state index is -1.06. The highest BCUT2D eigenvalue weighted by Gasteiger charge is 2.12. The molecule has 0 aromatic carbocycles. The Kier molecular flexibility index (Phi) is 2.14. The van der Waals surface area contributed by atoms with E-state index in [1.54, 1.807) is 0 Å². The Balaban J connectivity index is 3.07. The number of carboxylic acids is 1. The molecule has 1 heterocycles. The van der Waals surface area contributed by atoms with E-state index in [4.69, 9.17) is 10.2 Å². The Morgan fingerprint density at radius 1 is 1.73 bits per heavy atom. The van der Waals surface area contributed by atoms with Crippen molar-refractivity contribution in [1.82, 2.24) is 0 Å². The Bertz CT molecular complexity index is 277. The first kappa shape index (κ1) is 8.07. The molecule has 1 rings (SSSR count). The van der Waals surface area contributed by atoms with Gasteiger partial charge in [-0.3, -0.25) is 0 Å². The van der Waals surface area contributed by atoms with Crippen LogP contribution >= 0.6 is 11.3 Å². The quantitative estimate of drug-likeness (QED) is 0.714. The third kappa shape index (κ3) is 1.51. The van der Waals surface area contributed by atoms with Gasteiger partial charge in [0.2, 0.25) is 0 Å². The summed E-state index contributed by atoms with van der Waals surface area (Å²) in [5.74, 6) is -1.19. The fourth-order valence-electron chi connectivity index (χ4n) is 0.758. The zero-order chi connectivity index (χ0) is 8.43. The SMILES string of the molecule is CCc1cc(O)c(C(=O)O)s1. The number of thiophene rings is 1. The van der Waals surface area contributed by atoms with Crippen LogP contribution in [0.15, 0.2) is 6.07 Å². The Labute approximate surface area is 67.9 Å². The Hall–Kier alpha value is -1.03. The number of carboxylic acid groups (broad SMARTS) is 1. The summed E-state index contributed by atoms with van der Waals surface area (Å²) in [4.78, 5) is 11.3. The van der Waals surface area contributed by atoms with Crippen molar-refractivity contribution in [3.63, 3.8) is 0 Å². The second-order valence-corrected chi connectivity index (χ2v) is 3.22. The summed E-state index contributed by atoms with van der Waals surface area (Å²) < 4.78 is 0. The lowest BCUT2D eigenvalue weighted by atomic mass is 10.3. The van der Waals surface area contributed by atoms with Gasteiger partial charge < -0.3 is 10.2 Å². The zero-order valence-electron chi connectivity index (χ0n) is 6.00. The number of aromatic carboxylic acids is 1. The molecule has 0 amide bonds. The fraction of sp³-hybridized carbons (Fsp3) is 0.286. The molecule has 0 atom stereocenters. The van der Waals surface area contributed by atoms with Crippen LogP contribution in [-0.4, -0.2) is 16.2 Å². The summed E-state index contributed by atoms with van der Waals surface area (Å²) in [6.07, 6.45) is 0.755. The summed E-state index contributed by atoms with van der Waals surface area (Å²) in [6.45, 7) is 1.91. The molecule has 0 aliphatic heterocycles. The van der Waals surface area contributed by atoms with Gasteiger partial charge in [0, 0.05) is 4.88 Å². The van der Waals surface area contributed by atoms with Gasteiger partial charge in [-0.05, 0) is 12.5 Å². The van der Waals surface area contributed by atoms with E-state index in [9.17, 15) is 4.79 Å². The van der Waals surface area contributed by atoms with Gasteiger partial charge in [0.25, 0.3) is 0 Å². The van der Waals surface area contributed by atoms with E-state index in [2.05, 4.69) is 0 Å². The maximum atomic E-state index is 10.4. The zero-order valence-corrected chi connectivity index (χ0v) is 6.81. The maximum Gasteiger partial charge on any atom is 0.349 e. The van der Waals surface area contributed by atoms with Crippen LogP contribution in [0, 0.1) is 0 Å². The van der Waals surface area contributed by atoms with Gasteiger partial charge in [-0.1, -0.05) is 6.92 Å². The predicted octanol–water partition coefficient (Wildman–Crippen LogP) is 1.71. The topological polar surface area (TPSA) is 57.5 Å². The molecule has 0 saturated heterocycles. The lowest BCUT2D eigenvalue weighted by molar-refractivity contribution is 0.0699. The van der Waals surface area contributed by atoms with E-state index >= 15 is 0 Å². The van der Waals surface area contributed by atoms with Gasteiger partial charge >= 0.3 is 5.97 Å². The van der Waals surface area contributed by atoms with Crippen molar-refractivity contribution in [2.75, 3.05) is 0 Å². The van der Waals surface area contributed by atoms with E-state index in [1.165, 1.54) is 6.07 Å². The molecule has 0 saturated carbocycles. The minimum Gasteiger partial charge on any atom is -0.506 e. The standard InChI is InChI=1S/C7H8O3S/c1-2-4-3-5(8)6(11-4)7(9)10/h3,8H,2H2,1H3,(H,9,10). The van der Waals surface area contributed by atoms with Crippen molar-refractivity contribution in [1.29, 1.82) is 0 Å². The highest BCUT2D eigenvalue weighted by Crippen LogP contribution is 2.28. The van der Waals surface area contributed by atoms with Gasteiger partial charge in [0.15, 0.2) is 4.88 Å². The number of aromatic hydroxyl groups is 1. The van der Waals surface area contributed by atoms with Gasteiger partial charge in [0.05, 0.1) is 0 Å². The molecule has 0 spiro atoms. The van der Waals surface area contributed by atoms with E-state index in [-0.39, 0.29) is 10.6 Å². The highest BCUT2D eigenvalue weighted by atomic mass is 32.1. The first-order valence-electron chi connectivity index (χ1n) is 3.20. The molecule has 4 heteroatoms. The van der Waals surface area contributed by atoms with Crippen molar-refractivity contribution < 1.29 is 15.0 Å². The molecule has 3 nitrogen and oxygen atoms in total. The monoisotopic (exact) mass is 172 g/mol. The van der Waals surface area contributed by atoms with Crippen LogP contribution in [0.3, 0.4) is 0 Å². The average Bonchev–Trinajstić information content (AvgIpc) is 2.30. The molecule has 11 heavy (non-hydrogen) atoms. The fourth-order valence-corrected chi connectivity index (χ4v) is 1.59. The maximum absolute atomic E-state index is 10.4. The lowest BCUT2D eigenvalue weighted by Gasteiger charge is -1.85. The largest absolute Gasteiger partial charge is 0.506 e. The molecular weight excluding hydrogens is 164 g/mol. The number of hydrogen-bond donors (Lipinski definition) is 2. The number of aryl methyl sites for hydroxylation is 1. The molecule has 0 aliphatic carbocycles. The molecule has 0 aliphatic rings. The van der Waals surface area contributed by atoms with Crippen LogP contribution in [0.4, 0.5) is 0 Å². The summed E-state index contributed by atoms with van der Waals surface area (Å²) in [7, 11) is 0. The smallest absolute Gasteiger partial charge is 0.349 e. The molecule has 1 aromatic rings. The lowest BCUT2D eigenvalue weighted by Crippen LogP contribution is -1.90. The predicted molar refractivity (Wildman–Crippen MR) is 42.3 cm³/mol. The second kappa shape index (κ2) is 2.92. The van der Waals surface area contributed by atoms with E-state index in [0.717, 1.165) is 22.6 Å². The average molecular weight is 172 g/mol. The molecule has 2 N–H and O–H groups in total. The molecule has 0 bridgehead atoms. The molecule has 0 unspecified atom stereocenters. The third-order valence-electron chi connectivity index (χ3n) is 1.31. The van der Waals surface area contributed by atoms with Gasteiger partial charge in [-0.15, -0.1) is 11.3 Å². The van der Waals surface area contributed by atoms with Gasteiger partial charge in [-0.25, -0.2) is 4.79 Å². The van der Waals surface area contributed by atoms with Crippen LogP contribution < -0.4 is 0 Å². The van der Waals surface area contributed by atoms with E-state index < -0.39 is 5.97 Å². The van der Waals surface area contributed by atoms with Crippen LogP contribution in [0.25, 0.3) is 0 Å². The Morgan fingerprint density at radius 2 is 2.36 bits per heavy atom. The van der Waals surface area contributed by atoms with Crippen LogP contribution in [0.1, 0.15) is 21.5 Å². The van der Waals surface area contributed by atoms with Crippen molar-refractivity contribution in [2.24, 2.45) is 0 Å². The molecule has 0 fully saturated rings. The minimum absolute atomic E-state index is 0.0295. The molecule has 0 radical (unpaired) electrons. The summed E-state index contributed by atoms with van der Waals surface area (Å²) in [5, 5.41) is 17.6. The molecule has 60 valence electrons. The van der Waals surface area contributed by atoms with Crippen molar-refractivity contribution in [3.05, 3.63) is 15.8 Å². The summed E-state index contributed by atoms with van der Waals surface area (Å²) in [5.41, 5.74) is 0. The van der Waals surface area contributed by atoms with Crippen LogP contribution in [-0.2, 0) is 6.42 Å². The summed E-state index contributed by atoms with van der Waals surface area (Å²) >= 11 is 1.12. The number of carbonyl (C=O) groups is 1. The van der Waals surface area contributed by atoms with Crippen LogP contribution in [0.5, 0.6) is 5.75 Å². The molecule has 1 aromatic heterocycles. The van der Waals surface area contributed by atoms with Crippen LogP contribution in [0.2, 0.25) is 0 Å². The number of rotatable bonds is 2. The highest BCUT2D eigenvalue weighted by molar-refractivity contribution is 7.14. The van der Waals surface area contributed by atoms with Crippen molar-refractivity contribution >= 4 is 17.3 Å². The molecular formula is C7H8O3S. The second-order valence-electron chi connectivity index (χ2n) is 2.09. The number of hydrogen-bond acceptors (Lipinski definition) is 3. The van der Waals surface area contributed by atoms with Crippen molar-refractivity contribution in [3.8, 4) is 5.75 Å². The third-order valence-corrected chi connectivity index (χ3v) is 2.56. The first-order chi connectivity index (χ1) is 5.15. The van der Waals surface area contributed by atoms with Crippen molar-refractivity contribution in [2.45, 2.75) is 13.3 Å². The normalized spacial score (nSPS) is 9.91. The first-order valence-corrected chi connectivity index (χ1v) is 4.01. The van der Waals surface area contributed by atoms with Gasteiger partial charge in [0.1, 0.15) is 5.75 Å². The van der Waals surface area contributed by atoms with E-state index in [0.29, 0.717) is 0 Å². The Morgan fingerprint density at radius 3 is 2.64 bits per heavy atom. The van der Waals surface area contributed by atoms with E-state index in [1.807, 2.05) is 6.92 Å². The van der Waals surface area contributed by atoms with Gasteiger partial charge in [-0.2, -0.15) is 0 Å². The summed E-state index contributed by atoms with van der Waals surface area (Å²) in [6, 6.07) is 1.49.